The first-order valence-electron chi connectivity index (χ1n) is 11.2. The van der Waals surface area contributed by atoms with Crippen LogP contribution in [-0.4, -0.2) is 76.6 Å². The molecule has 0 aromatic heterocycles. The molecule has 0 amide bonds. The third-order valence-electron chi connectivity index (χ3n) is 6.16. The number of morpholine rings is 1. The van der Waals surface area contributed by atoms with Crippen LogP contribution in [0.25, 0.3) is 0 Å². The van der Waals surface area contributed by atoms with Gasteiger partial charge in [0.25, 0.3) is 0 Å². The minimum atomic E-state index is -1.82. The van der Waals surface area contributed by atoms with Crippen LogP contribution in [0.15, 0.2) is 72.8 Å². The van der Waals surface area contributed by atoms with Crippen molar-refractivity contribution in [3.63, 3.8) is 0 Å². The first-order chi connectivity index (χ1) is 16.7. The number of ether oxygens (including phenoxy) is 2. The first-order valence-corrected chi connectivity index (χ1v) is 11.2. The Labute approximate surface area is 203 Å². The van der Waals surface area contributed by atoms with Crippen molar-refractivity contribution in [2.24, 2.45) is 0 Å². The van der Waals surface area contributed by atoms with Gasteiger partial charge in [0, 0.05) is 37.1 Å². The van der Waals surface area contributed by atoms with Crippen LogP contribution in [0.4, 0.5) is 0 Å². The number of benzene rings is 2. The molecule has 9 heteroatoms. The molecule has 2 saturated heterocycles. The zero-order chi connectivity index (χ0) is 25.4. The third kappa shape index (κ3) is 6.54. The molecule has 3 N–H and O–H groups in total. The number of rotatable bonds is 6. The Morgan fingerprint density at radius 2 is 1.31 bits per heavy atom. The van der Waals surface area contributed by atoms with Crippen molar-refractivity contribution in [2.75, 3.05) is 20.3 Å². The predicted octanol–water partition coefficient (Wildman–Crippen LogP) is 2.04. The van der Waals surface area contributed by atoms with Crippen LogP contribution in [0.5, 0.6) is 0 Å². The van der Waals surface area contributed by atoms with Crippen molar-refractivity contribution in [2.45, 2.75) is 36.6 Å². The van der Waals surface area contributed by atoms with Gasteiger partial charge in [0.05, 0.1) is 13.2 Å². The van der Waals surface area contributed by atoms with Crippen molar-refractivity contribution in [3.05, 3.63) is 83.9 Å². The minimum Gasteiger partial charge on any atom is -0.478 e. The molecule has 0 radical (unpaired) electrons. The van der Waals surface area contributed by atoms with E-state index in [1.807, 2.05) is 36.4 Å². The molecule has 2 heterocycles. The van der Waals surface area contributed by atoms with Gasteiger partial charge in [0.1, 0.15) is 6.10 Å². The summed E-state index contributed by atoms with van der Waals surface area (Å²) in [7, 11) is 2.10. The Bertz CT molecular complexity index is 970. The summed E-state index contributed by atoms with van der Waals surface area (Å²) in [5.74, 6) is -3.13. The fourth-order valence-electron chi connectivity index (χ4n) is 4.28. The molecule has 4 rings (SSSR count). The summed E-state index contributed by atoms with van der Waals surface area (Å²) in [5.41, 5.74) is -0.799. The molecule has 2 bridgehead atoms. The number of carboxylic acids is 2. The monoisotopic (exact) mass is 483 g/mol. The lowest BCUT2D eigenvalue weighted by molar-refractivity contribution is -0.176. The minimum absolute atomic E-state index is 0.216. The molecule has 2 aromatic rings. The largest absolute Gasteiger partial charge is 0.478 e. The fourth-order valence-corrected chi connectivity index (χ4v) is 4.28. The van der Waals surface area contributed by atoms with E-state index in [0.717, 1.165) is 12.8 Å². The van der Waals surface area contributed by atoms with E-state index in [4.69, 9.17) is 19.7 Å². The number of nitrogens with zero attached hydrogens (tertiary/aromatic N) is 1. The first kappa shape index (κ1) is 26.1. The zero-order valence-corrected chi connectivity index (χ0v) is 19.3. The summed E-state index contributed by atoms with van der Waals surface area (Å²) < 4.78 is 11.5. The molecule has 9 nitrogen and oxygen atoms in total. The Balaban J connectivity index is 0.000000371. The van der Waals surface area contributed by atoms with Gasteiger partial charge in [-0.05, 0) is 18.2 Å². The lowest BCUT2D eigenvalue weighted by Gasteiger charge is -2.46. The van der Waals surface area contributed by atoms with E-state index < -0.39 is 23.5 Å². The Morgan fingerprint density at radius 3 is 1.71 bits per heavy atom. The topological polar surface area (TPSA) is 134 Å². The molecule has 2 aliphatic heterocycles. The number of aliphatic hydroxyl groups is 1. The number of piperidine rings is 1. The number of carbonyl (C=O) groups is 3. The number of hydrogen-bond acceptors (Lipinski definition) is 7. The van der Waals surface area contributed by atoms with Crippen molar-refractivity contribution < 1.29 is 39.2 Å². The third-order valence-corrected chi connectivity index (χ3v) is 6.16. The van der Waals surface area contributed by atoms with E-state index in [0.29, 0.717) is 36.5 Å². The Hall–Kier alpha value is -3.53. The maximum absolute atomic E-state index is 13.2. The highest BCUT2D eigenvalue weighted by Gasteiger charge is 2.45. The van der Waals surface area contributed by atoms with Crippen LogP contribution in [0, 0.1) is 0 Å². The summed E-state index contributed by atoms with van der Waals surface area (Å²) >= 11 is 0. The van der Waals surface area contributed by atoms with Crippen molar-refractivity contribution in [3.8, 4) is 0 Å². The van der Waals surface area contributed by atoms with Crippen LogP contribution in [0.2, 0.25) is 0 Å². The van der Waals surface area contributed by atoms with E-state index >= 15 is 0 Å². The number of carboxylic acid groups (broad SMARTS) is 2. The number of likely N-dealkylation sites (N-methyl/N-ethyl adjacent to an activating group) is 1. The second-order valence-corrected chi connectivity index (χ2v) is 8.46. The highest BCUT2D eigenvalue weighted by molar-refractivity contribution is 5.89. The van der Waals surface area contributed by atoms with Crippen LogP contribution in [0.3, 0.4) is 0 Å². The molecule has 2 atom stereocenters. The number of hydrogen-bond donors (Lipinski definition) is 3. The standard InChI is InChI=1S/C22H25NO4.C4H4O4/c1-23-18-12-20(13-19(23)15-26-14-18)27-21(24)22(25,16-8-4-2-5-9-16)17-10-6-3-7-11-17;5-3(6)1-2-4(7)8/h2-11,18-20,25H,12-15H2,1H3;1-2H,(H,5,6)(H,7,8)/b;2-1-. The normalized spacial score (nSPS) is 22.1. The Kier molecular flexibility index (Phi) is 8.75. The number of fused-ring (bicyclic) bond motifs is 2. The highest BCUT2D eigenvalue weighted by atomic mass is 16.6. The molecule has 0 spiro atoms. The second kappa shape index (κ2) is 11.7. The van der Waals surface area contributed by atoms with Gasteiger partial charge in [-0.1, -0.05) is 60.7 Å². The molecular weight excluding hydrogens is 454 g/mol. The lowest BCUT2D eigenvalue weighted by atomic mass is 9.86. The quantitative estimate of drug-likeness (QED) is 0.417. The average molecular weight is 484 g/mol. The van der Waals surface area contributed by atoms with Gasteiger partial charge in [-0.25, -0.2) is 14.4 Å². The van der Waals surface area contributed by atoms with Crippen molar-refractivity contribution in [1.82, 2.24) is 4.90 Å². The molecule has 2 unspecified atom stereocenters. The number of aliphatic carboxylic acids is 2. The lowest BCUT2D eigenvalue weighted by Crippen LogP contribution is -2.57. The second-order valence-electron chi connectivity index (χ2n) is 8.46. The highest BCUT2D eigenvalue weighted by Crippen LogP contribution is 2.34. The van der Waals surface area contributed by atoms with Crippen LogP contribution >= 0.6 is 0 Å². The smallest absolute Gasteiger partial charge is 0.347 e. The van der Waals surface area contributed by atoms with E-state index in [-0.39, 0.29) is 18.2 Å². The van der Waals surface area contributed by atoms with E-state index in [9.17, 15) is 19.5 Å². The van der Waals surface area contributed by atoms with E-state index in [1.165, 1.54) is 0 Å². The van der Waals surface area contributed by atoms with Crippen LogP contribution < -0.4 is 0 Å². The predicted molar refractivity (Wildman–Crippen MR) is 126 cm³/mol. The molecule has 35 heavy (non-hydrogen) atoms. The molecule has 2 fully saturated rings. The molecule has 0 aliphatic carbocycles. The molecule has 186 valence electrons. The van der Waals surface area contributed by atoms with Gasteiger partial charge < -0.3 is 24.8 Å². The van der Waals surface area contributed by atoms with Gasteiger partial charge in [0.2, 0.25) is 5.60 Å². The summed E-state index contributed by atoms with van der Waals surface area (Å²) in [4.78, 5) is 34.6. The van der Waals surface area contributed by atoms with Crippen LogP contribution in [0.1, 0.15) is 24.0 Å². The van der Waals surface area contributed by atoms with Gasteiger partial charge in [0.15, 0.2) is 0 Å². The molecule has 0 saturated carbocycles. The van der Waals surface area contributed by atoms with Crippen LogP contribution in [-0.2, 0) is 29.5 Å². The van der Waals surface area contributed by atoms with E-state index in [2.05, 4.69) is 11.9 Å². The van der Waals surface area contributed by atoms with Gasteiger partial charge in [-0.2, -0.15) is 0 Å². The zero-order valence-electron chi connectivity index (χ0n) is 19.3. The van der Waals surface area contributed by atoms with Crippen molar-refractivity contribution >= 4 is 17.9 Å². The SMILES string of the molecule is CN1C2COCC1CC(OC(=O)C(O)(c1ccccc1)c1ccccc1)C2.O=C(O)/C=C\C(=O)O. The van der Waals surface area contributed by atoms with Gasteiger partial charge in [-0.3, -0.25) is 4.90 Å². The summed E-state index contributed by atoms with van der Waals surface area (Å²) in [5, 5.41) is 27.1. The molecule has 2 aromatic carbocycles. The maximum atomic E-state index is 13.2. The van der Waals surface area contributed by atoms with E-state index in [1.54, 1.807) is 24.3 Å². The van der Waals surface area contributed by atoms with Gasteiger partial charge in [-0.15, -0.1) is 0 Å². The fraction of sp³-hybridized carbons (Fsp3) is 0.346. The molecule has 2 aliphatic rings. The maximum Gasteiger partial charge on any atom is 0.347 e. The average Bonchev–Trinajstić information content (AvgIpc) is 2.84. The van der Waals surface area contributed by atoms with Crippen molar-refractivity contribution in [1.29, 1.82) is 0 Å². The molecular formula is C26H29NO8. The summed E-state index contributed by atoms with van der Waals surface area (Å²) in [6.07, 6.45) is 2.34. The Morgan fingerprint density at radius 1 is 0.886 bits per heavy atom. The number of carbonyl (C=O) groups excluding carboxylic acids is 1. The summed E-state index contributed by atoms with van der Waals surface area (Å²) in [6.45, 7) is 1.31. The number of esters is 1. The summed E-state index contributed by atoms with van der Waals surface area (Å²) in [6, 6.07) is 18.5. The van der Waals surface area contributed by atoms with Gasteiger partial charge >= 0.3 is 17.9 Å².